The molecule has 1 fully saturated rings. The zero-order valence-electron chi connectivity index (χ0n) is 11.0. The Morgan fingerprint density at radius 1 is 1.10 bits per heavy atom. The van der Waals surface area contributed by atoms with Gasteiger partial charge in [-0.05, 0) is 40.6 Å². The van der Waals surface area contributed by atoms with Gasteiger partial charge in [0.15, 0.2) is 0 Å². The van der Waals surface area contributed by atoms with E-state index in [4.69, 9.17) is 4.74 Å². The molecule has 0 bridgehead atoms. The quantitative estimate of drug-likeness (QED) is 0.671. The van der Waals surface area contributed by atoms with Crippen LogP contribution >= 0.6 is 0 Å². The Kier molecular flexibility index (Phi) is 2.99. The van der Waals surface area contributed by atoms with Crippen LogP contribution < -0.4 is 10.1 Å². The van der Waals surface area contributed by atoms with Crippen molar-refractivity contribution >= 4 is 28.7 Å². The van der Waals surface area contributed by atoms with E-state index >= 15 is 0 Å². The summed E-state index contributed by atoms with van der Waals surface area (Å²) in [6.07, 6.45) is 1.91. The third kappa shape index (κ3) is 2.28. The van der Waals surface area contributed by atoms with Crippen LogP contribution in [0.15, 0.2) is 42.0 Å². The largest absolute Gasteiger partial charge is 0.497 e. The van der Waals surface area contributed by atoms with Gasteiger partial charge in [0.05, 0.1) is 13.5 Å². The van der Waals surface area contributed by atoms with Crippen molar-refractivity contribution in [3.05, 3.63) is 47.5 Å². The summed E-state index contributed by atoms with van der Waals surface area (Å²) in [5.41, 5.74) is 1.41. The molecule has 20 heavy (non-hydrogen) atoms. The zero-order chi connectivity index (χ0) is 14.1. The molecule has 2 aromatic carbocycles. The number of benzene rings is 2. The van der Waals surface area contributed by atoms with E-state index in [2.05, 4.69) is 5.32 Å². The maximum Gasteiger partial charge on any atom is 0.254 e. The van der Waals surface area contributed by atoms with E-state index in [0.29, 0.717) is 5.57 Å². The van der Waals surface area contributed by atoms with Crippen molar-refractivity contribution < 1.29 is 14.3 Å². The second-order valence-corrected chi connectivity index (χ2v) is 4.70. The minimum absolute atomic E-state index is 0.152. The summed E-state index contributed by atoms with van der Waals surface area (Å²) in [6, 6.07) is 11.7. The molecular weight excluding hydrogens is 254 g/mol. The second kappa shape index (κ2) is 4.81. The maximum atomic E-state index is 11.5. The highest BCUT2D eigenvalue weighted by molar-refractivity contribution is 6.15. The third-order valence-corrected chi connectivity index (χ3v) is 3.31. The molecule has 2 amide bonds. The standard InChI is InChI=1S/C16H13NO3/c1-20-14-5-4-11-6-10(2-3-12(11)8-14)7-13-9-15(18)17-16(13)19/h2-8H,9H2,1H3,(H,17,18,19). The SMILES string of the molecule is COc1ccc2cc(C=C3CC(=O)NC3=O)ccc2c1. The molecule has 0 atom stereocenters. The monoisotopic (exact) mass is 267 g/mol. The normalized spacial score (nSPS) is 16.8. The van der Waals surface area contributed by atoms with Gasteiger partial charge in [-0.25, -0.2) is 0 Å². The number of hydrogen-bond donors (Lipinski definition) is 1. The molecule has 1 aliphatic rings. The van der Waals surface area contributed by atoms with Crippen molar-refractivity contribution in [3.63, 3.8) is 0 Å². The Hall–Kier alpha value is -2.62. The van der Waals surface area contributed by atoms with E-state index in [1.807, 2.05) is 36.4 Å². The molecule has 0 unspecified atom stereocenters. The van der Waals surface area contributed by atoms with Crippen LogP contribution in [0.25, 0.3) is 16.8 Å². The third-order valence-electron chi connectivity index (χ3n) is 3.31. The van der Waals surface area contributed by atoms with Crippen LogP contribution in [0.2, 0.25) is 0 Å². The van der Waals surface area contributed by atoms with Gasteiger partial charge in [0, 0.05) is 5.57 Å². The number of ether oxygens (including phenoxy) is 1. The van der Waals surface area contributed by atoms with Gasteiger partial charge < -0.3 is 4.74 Å². The summed E-state index contributed by atoms with van der Waals surface area (Å²) in [5, 5.41) is 4.40. The molecule has 4 heteroatoms. The average Bonchev–Trinajstić information content (AvgIpc) is 2.76. The van der Waals surface area contributed by atoms with Crippen LogP contribution in [0.1, 0.15) is 12.0 Å². The van der Waals surface area contributed by atoms with Gasteiger partial charge in [0.2, 0.25) is 5.91 Å². The maximum absolute atomic E-state index is 11.5. The lowest BCUT2D eigenvalue weighted by Crippen LogP contribution is -2.19. The van der Waals surface area contributed by atoms with Crippen LogP contribution in [-0.2, 0) is 9.59 Å². The summed E-state index contributed by atoms with van der Waals surface area (Å²) in [5.74, 6) is 0.265. The van der Waals surface area contributed by atoms with E-state index in [1.165, 1.54) is 0 Å². The number of fused-ring (bicyclic) bond motifs is 1. The predicted octanol–water partition coefficient (Wildman–Crippen LogP) is 2.28. The van der Waals surface area contributed by atoms with E-state index < -0.39 is 0 Å². The highest BCUT2D eigenvalue weighted by Crippen LogP contribution is 2.23. The van der Waals surface area contributed by atoms with Crippen LogP contribution in [0.5, 0.6) is 5.75 Å². The fourth-order valence-corrected chi connectivity index (χ4v) is 2.28. The summed E-state index contributed by atoms with van der Waals surface area (Å²) >= 11 is 0. The molecule has 0 radical (unpaired) electrons. The number of imide groups is 1. The summed E-state index contributed by atoms with van der Waals surface area (Å²) in [7, 11) is 1.63. The molecule has 2 aromatic rings. The van der Waals surface area contributed by atoms with Crippen LogP contribution in [0.3, 0.4) is 0 Å². The fraction of sp³-hybridized carbons (Fsp3) is 0.125. The van der Waals surface area contributed by atoms with Crippen LogP contribution in [0, 0.1) is 0 Å². The van der Waals surface area contributed by atoms with Crippen molar-refractivity contribution in [2.24, 2.45) is 0 Å². The molecule has 1 heterocycles. The first-order chi connectivity index (χ1) is 9.65. The first-order valence-corrected chi connectivity index (χ1v) is 6.28. The molecule has 1 aliphatic heterocycles. The molecule has 1 N–H and O–H groups in total. The molecule has 4 nitrogen and oxygen atoms in total. The minimum atomic E-state index is -0.301. The number of methoxy groups -OCH3 is 1. The van der Waals surface area contributed by atoms with Gasteiger partial charge in [-0.15, -0.1) is 0 Å². The Morgan fingerprint density at radius 3 is 2.55 bits per heavy atom. The minimum Gasteiger partial charge on any atom is -0.497 e. The molecule has 0 aromatic heterocycles. The second-order valence-electron chi connectivity index (χ2n) is 4.70. The van der Waals surface area contributed by atoms with Gasteiger partial charge in [-0.3, -0.25) is 14.9 Å². The predicted molar refractivity (Wildman–Crippen MR) is 76.2 cm³/mol. The van der Waals surface area contributed by atoms with Crippen molar-refractivity contribution in [3.8, 4) is 5.75 Å². The lowest BCUT2D eigenvalue weighted by atomic mass is 10.0. The van der Waals surface area contributed by atoms with Gasteiger partial charge in [0.25, 0.3) is 5.91 Å². The lowest BCUT2D eigenvalue weighted by molar-refractivity contribution is -0.124. The Morgan fingerprint density at radius 2 is 1.85 bits per heavy atom. The highest BCUT2D eigenvalue weighted by atomic mass is 16.5. The molecule has 0 aliphatic carbocycles. The van der Waals surface area contributed by atoms with Crippen molar-refractivity contribution in [1.82, 2.24) is 5.32 Å². The van der Waals surface area contributed by atoms with Gasteiger partial charge in [-0.1, -0.05) is 18.2 Å². The lowest BCUT2D eigenvalue weighted by Gasteiger charge is -2.04. The smallest absolute Gasteiger partial charge is 0.254 e. The molecule has 100 valence electrons. The van der Waals surface area contributed by atoms with E-state index in [9.17, 15) is 9.59 Å². The average molecular weight is 267 g/mol. The number of carbonyl (C=O) groups is 2. The van der Waals surface area contributed by atoms with Crippen molar-refractivity contribution in [1.29, 1.82) is 0 Å². The Labute approximate surface area is 116 Å². The van der Waals surface area contributed by atoms with Crippen LogP contribution in [0.4, 0.5) is 0 Å². The van der Waals surface area contributed by atoms with Gasteiger partial charge in [-0.2, -0.15) is 0 Å². The van der Waals surface area contributed by atoms with E-state index in [0.717, 1.165) is 22.1 Å². The van der Waals surface area contributed by atoms with Gasteiger partial charge in [0.1, 0.15) is 5.75 Å². The van der Waals surface area contributed by atoms with Gasteiger partial charge >= 0.3 is 0 Å². The summed E-state index contributed by atoms with van der Waals surface area (Å²) in [4.78, 5) is 22.7. The number of amides is 2. The number of nitrogens with one attached hydrogen (secondary N) is 1. The first kappa shape index (κ1) is 12.4. The molecule has 0 saturated carbocycles. The number of carbonyl (C=O) groups excluding carboxylic acids is 2. The molecule has 3 rings (SSSR count). The van der Waals surface area contributed by atoms with Crippen molar-refractivity contribution in [2.45, 2.75) is 6.42 Å². The van der Waals surface area contributed by atoms with Crippen LogP contribution in [-0.4, -0.2) is 18.9 Å². The number of hydrogen-bond acceptors (Lipinski definition) is 3. The highest BCUT2D eigenvalue weighted by Gasteiger charge is 2.23. The van der Waals surface area contributed by atoms with E-state index in [1.54, 1.807) is 13.2 Å². The van der Waals surface area contributed by atoms with Crippen molar-refractivity contribution in [2.75, 3.05) is 7.11 Å². The molecule has 0 spiro atoms. The number of rotatable bonds is 2. The topological polar surface area (TPSA) is 55.4 Å². The van der Waals surface area contributed by atoms with E-state index in [-0.39, 0.29) is 18.2 Å². The summed E-state index contributed by atoms with van der Waals surface area (Å²) in [6.45, 7) is 0. The fourth-order valence-electron chi connectivity index (χ4n) is 2.28. The molecule has 1 saturated heterocycles. The summed E-state index contributed by atoms with van der Waals surface area (Å²) < 4.78 is 5.18. The first-order valence-electron chi connectivity index (χ1n) is 6.28. The Balaban J connectivity index is 1.99. The Bertz CT molecular complexity index is 746. The molecular formula is C16H13NO3. The zero-order valence-corrected chi connectivity index (χ0v) is 11.0.